The van der Waals surface area contributed by atoms with Crippen molar-refractivity contribution in [1.82, 2.24) is 9.62 Å². The van der Waals surface area contributed by atoms with E-state index in [1.807, 2.05) is 13.8 Å². The lowest BCUT2D eigenvalue weighted by atomic mass is 10.0. The molecule has 0 amide bonds. The predicted octanol–water partition coefficient (Wildman–Crippen LogP) is 0.907. The number of ether oxygens (including phenoxy) is 1. The van der Waals surface area contributed by atoms with Crippen LogP contribution in [0.3, 0.4) is 0 Å². The van der Waals surface area contributed by atoms with Crippen molar-refractivity contribution in [3.63, 3.8) is 0 Å². The summed E-state index contributed by atoms with van der Waals surface area (Å²) < 4.78 is 31.7. The second kappa shape index (κ2) is 5.44. The molecule has 1 fully saturated rings. The fourth-order valence-corrected chi connectivity index (χ4v) is 5.36. The average molecular weight is 318 g/mol. The van der Waals surface area contributed by atoms with E-state index in [0.29, 0.717) is 19.6 Å². The summed E-state index contributed by atoms with van der Waals surface area (Å²) >= 11 is 1.08. The molecular formula is C12H18N2O4S2. The highest BCUT2D eigenvalue weighted by molar-refractivity contribution is 7.89. The van der Waals surface area contributed by atoms with Gasteiger partial charge in [-0.3, -0.25) is 0 Å². The van der Waals surface area contributed by atoms with Gasteiger partial charge in [-0.15, -0.1) is 11.3 Å². The van der Waals surface area contributed by atoms with E-state index in [0.717, 1.165) is 11.3 Å². The maximum atomic E-state index is 12.8. The van der Waals surface area contributed by atoms with Crippen LogP contribution >= 0.6 is 11.3 Å². The van der Waals surface area contributed by atoms with E-state index in [-0.39, 0.29) is 9.77 Å². The lowest BCUT2D eigenvalue weighted by Gasteiger charge is -2.41. The van der Waals surface area contributed by atoms with Gasteiger partial charge < -0.3 is 10.1 Å². The largest absolute Gasteiger partial charge is 0.465 e. The van der Waals surface area contributed by atoms with Gasteiger partial charge >= 0.3 is 5.97 Å². The number of esters is 1. The van der Waals surface area contributed by atoms with Crippen molar-refractivity contribution >= 4 is 27.3 Å². The highest BCUT2D eigenvalue weighted by Gasteiger charge is 2.41. The number of thiophene rings is 1. The molecule has 0 unspecified atom stereocenters. The Morgan fingerprint density at radius 2 is 2.20 bits per heavy atom. The normalized spacial score (nSPS) is 19.8. The average Bonchev–Trinajstić information content (AvgIpc) is 2.86. The van der Waals surface area contributed by atoms with Crippen LogP contribution in [0.1, 0.15) is 23.5 Å². The minimum Gasteiger partial charge on any atom is -0.465 e. The molecule has 0 aliphatic carbocycles. The Labute approximate surface area is 122 Å². The molecule has 0 aromatic carbocycles. The van der Waals surface area contributed by atoms with Crippen LogP contribution in [0.5, 0.6) is 0 Å². The fourth-order valence-electron chi connectivity index (χ4n) is 2.27. The standard InChI is InChI=1S/C12H18N2O4S2/c1-12(2)8-13-5-6-14(12)20(16,17)9-4-7-19-10(9)11(15)18-3/h4,7,13H,5-6,8H2,1-3H3. The number of piperazine rings is 1. The molecule has 1 aliphatic heterocycles. The van der Waals surface area contributed by atoms with Crippen LogP contribution in [-0.2, 0) is 14.8 Å². The molecule has 1 N–H and O–H groups in total. The number of hydrogen-bond acceptors (Lipinski definition) is 6. The lowest BCUT2D eigenvalue weighted by Crippen LogP contribution is -2.59. The maximum Gasteiger partial charge on any atom is 0.349 e. The van der Waals surface area contributed by atoms with Crippen LogP contribution in [0.15, 0.2) is 16.3 Å². The summed E-state index contributed by atoms with van der Waals surface area (Å²) in [5.41, 5.74) is -0.535. The second-order valence-corrected chi connectivity index (χ2v) is 7.92. The molecule has 6 nitrogen and oxygen atoms in total. The van der Waals surface area contributed by atoms with Crippen LogP contribution in [0.2, 0.25) is 0 Å². The monoisotopic (exact) mass is 318 g/mol. The van der Waals surface area contributed by atoms with Gasteiger partial charge in [-0.05, 0) is 25.3 Å². The SMILES string of the molecule is COC(=O)c1sccc1S(=O)(=O)N1CCNCC1(C)C. The third-order valence-corrected chi connectivity index (χ3v) is 6.47. The van der Waals surface area contributed by atoms with Crippen LogP contribution in [0.25, 0.3) is 0 Å². The molecule has 2 rings (SSSR count). The molecule has 20 heavy (non-hydrogen) atoms. The summed E-state index contributed by atoms with van der Waals surface area (Å²) in [6, 6.07) is 1.46. The summed E-state index contributed by atoms with van der Waals surface area (Å²) in [4.78, 5) is 11.8. The first-order valence-electron chi connectivity index (χ1n) is 6.20. The Balaban J connectivity index is 2.45. The minimum atomic E-state index is -3.71. The summed E-state index contributed by atoms with van der Waals surface area (Å²) in [6.07, 6.45) is 0. The first kappa shape index (κ1) is 15.4. The summed E-state index contributed by atoms with van der Waals surface area (Å²) in [7, 11) is -2.47. The number of hydrogen-bond donors (Lipinski definition) is 1. The number of carbonyl (C=O) groups is 1. The molecular weight excluding hydrogens is 300 g/mol. The van der Waals surface area contributed by atoms with Crippen molar-refractivity contribution in [1.29, 1.82) is 0 Å². The topological polar surface area (TPSA) is 75.7 Å². The predicted molar refractivity (Wildman–Crippen MR) is 76.5 cm³/mol. The fraction of sp³-hybridized carbons (Fsp3) is 0.583. The second-order valence-electron chi connectivity index (χ2n) is 5.17. The molecule has 0 bridgehead atoms. The van der Waals surface area contributed by atoms with Crippen LogP contribution in [-0.4, -0.2) is 51.0 Å². The van der Waals surface area contributed by atoms with E-state index < -0.39 is 21.5 Å². The van der Waals surface area contributed by atoms with Crippen molar-refractivity contribution < 1.29 is 17.9 Å². The van der Waals surface area contributed by atoms with Gasteiger partial charge in [-0.1, -0.05) is 0 Å². The molecule has 1 aliphatic rings. The molecule has 0 saturated carbocycles. The Morgan fingerprint density at radius 3 is 2.80 bits per heavy atom. The molecule has 8 heteroatoms. The zero-order chi connectivity index (χ0) is 15.0. The van der Waals surface area contributed by atoms with Gasteiger partial charge in [0, 0.05) is 25.2 Å². The number of nitrogens with one attached hydrogen (secondary N) is 1. The quantitative estimate of drug-likeness (QED) is 0.838. The van der Waals surface area contributed by atoms with Crippen LogP contribution < -0.4 is 5.32 Å². The molecule has 1 aromatic heterocycles. The van der Waals surface area contributed by atoms with Crippen molar-refractivity contribution in [2.75, 3.05) is 26.7 Å². The van der Waals surface area contributed by atoms with E-state index in [2.05, 4.69) is 10.1 Å². The smallest absolute Gasteiger partial charge is 0.349 e. The maximum absolute atomic E-state index is 12.8. The number of sulfonamides is 1. The first-order chi connectivity index (χ1) is 9.30. The Kier molecular flexibility index (Phi) is 4.19. The van der Waals surface area contributed by atoms with Crippen LogP contribution in [0.4, 0.5) is 0 Å². The van der Waals surface area contributed by atoms with Gasteiger partial charge in [0.15, 0.2) is 0 Å². The molecule has 0 spiro atoms. The van der Waals surface area contributed by atoms with Crippen LogP contribution in [0, 0.1) is 0 Å². The highest BCUT2D eigenvalue weighted by atomic mass is 32.2. The van der Waals surface area contributed by atoms with E-state index in [9.17, 15) is 13.2 Å². The Morgan fingerprint density at radius 1 is 1.50 bits per heavy atom. The number of methoxy groups -OCH3 is 1. The minimum absolute atomic E-state index is 0.0318. The van der Waals surface area contributed by atoms with Gasteiger partial charge in [0.2, 0.25) is 10.0 Å². The number of rotatable bonds is 3. The number of carbonyl (C=O) groups excluding carboxylic acids is 1. The third kappa shape index (κ3) is 2.60. The van der Waals surface area contributed by atoms with Gasteiger partial charge in [0.05, 0.1) is 7.11 Å². The first-order valence-corrected chi connectivity index (χ1v) is 8.52. The number of nitrogens with zero attached hydrogens (tertiary/aromatic N) is 1. The molecule has 1 aromatic rings. The summed E-state index contributed by atoms with van der Waals surface area (Å²) in [5.74, 6) is -0.619. The lowest BCUT2D eigenvalue weighted by molar-refractivity contribution is 0.0601. The molecule has 112 valence electrons. The zero-order valence-electron chi connectivity index (χ0n) is 11.7. The summed E-state index contributed by atoms with van der Waals surface area (Å²) in [5, 5.41) is 4.77. The van der Waals surface area contributed by atoms with Crippen molar-refractivity contribution in [3.05, 3.63) is 16.3 Å². The van der Waals surface area contributed by atoms with Gasteiger partial charge in [-0.2, -0.15) is 4.31 Å². The van der Waals surface area contributed by atoms with Gasteiger partial charge in [-0.25, -0.2) is 13.2 Å². The van der Waals surface area contributed by atoms with Crippen molar-refractivity contribution in [2.24, 2.45) is 0 Å². The van der Waals surface area contributed by atoms with E-state index >= 15 is 0 Å². The molecule has 0 atom stereocenters. The van der Waals surface area contributed by atoms with Crippen molar-refractivity contribution in [3.8, 4) is 0 Å². The third-order valence-electron chi connectivity index (χ3n) is 3.29. The van der Waals surface area contributed by atoms with E-state index in [1.54, 1.807) is 5.38 Å². The Hall–Kier alpha value is -0.960. The zero-order valence-corrected chi connectivity index (χ0v) is 13.3. The van der Waals surface area contributed by atoms with E-state index in [4.69, 9.17) is 0 Å². The highest BCUT2D eigenvalue weighted by Crippen LogP contribution is 2.30. The summed E-state index contributed by atoms with van der Waals surface area (Å²) in [6.45, 7) is 5.28. The molecule has 1 saturated heterocycles. The Bertz CT molecular complexity index is 607. The van der Waals surface area contributed by atoms with E-state index in [1.165, 1.54) is 17.5 Å². The van der Waals surface area contributed by atoms with Crippen molar-refractivity contribution in [2.45, 2.75) is 24.3 Å². The van der Waals surface area contributed by atoms with Gasteiger partial charge in [0.1, 0.15) is 9.77 Å². The molecule has 2 heterocycles. The molecule has 0 radical (unpaired) electrons. The van der Waals surface area contributed by atoms with Gasteiger partial charge in [0.25, 0.3) is 0 Å².